The molecule has 1 saturated heterocycles. The lowest BCUT2D eigenvalue weighted by molar-refractivity contribution is -0.122. The highest BCUT2D eigenvalue weighted by atomic mass is 16.5. The van der Waals surface area contributed by atoms with Crippen LogP contribution >= 0.6 is 0 Å². The molecule has 1 amide bonds. The normalized spacial score (nSPS) is 18.3. The third-order valence-corrected chi connectivity index (χ3v) is 4.52. The van der Waals surface area contributed by atoms with Gasteiger partial charge in [0, 0.05) is 26.2 Å². The van der Waals surface area contributed by atoms with Gasteiger partial charge in [0.2, 0.25) is 5.91 Å². The highest BCUT2D eigenvalue weighted by Crippen LogP contribution is 2.18. The highest BCUT2D eigenvalue weighted by molar-refractivity contribution is 5.76. The number of carbonyl (C=O) groups excluding carboxylic acids is 1. The number of hydrogen-bond donors (Lipinski definition) is 1. The van der Waals surface area contributed by atoms with Crippen LogP contribution in [-0.2, 0) is 9.53 Å². The van der Waals surface area contributed by atoms with E-state index in [4.69, 9.17) is 9.47 Å². The minimum Gasteiger partial charge on any atom is -0.493 e. The Morgan fingerprint density at radius 2 is 2.00 bits per heavy atom. The molecule has 1 fully saturated rings. The molecule has 0 radical (unpaired) electrons. The van der Waals surface area contributed by atoms with Crippen molar-refractivity contribution in [2.75, 3.05) is 39.4 Å². The van der Waals surface area contributed by atoms with E-state index in [-0.39, 0.29) is 12.0 Å². The second-order valence-corrected chi connectivity index (χ2v) is 7.77. The number of morpholine rings is 1. The lowest BCUT2D eigenvalue weighted by Crippen LogP contribution is -2.48. The van der Waals surface area contributed by atoms with Crippen LogP contribution in [0.1, 0.15) is 45.6 Å². The summed E-state index contributed by atoms with van der Waals surface area (Å²) in [6, 6.07) is 8.08. The average molecular weight is 363 g/mol. The van der Waals surface area contributed by atoms with Crippen molar-refractivity contribution in [1.29, 1.82) is 0 Å². The predicted octanol–water partition coefficient (Wildman–Crippen LogP) is 3.05. The van der Waals surface area contributed by atoms with Gasteiger partial charge in [0.05, 0.1) is 25.7 Å². The zero-order chi connectivity index (χ0) is 18.9. The molecule has 1 heterocycles. The molecule has 1 N–H and O–H groups in total. The van der Waals surface area contributed by atoms with Crippen molar-refractivity contribution in [2.24, 2.45) is 5.92 Å². The molecule has 0 aromatic heterocycles. The predicted molar refractivity (Wildman–Crippen MR) is 105 cm³/mol. The van der Waals surface area contributed by atoms with Crippen LogP contribution in [0.5, 0.6) is 5.75 Å². The SMILES string of the molecule is CC(C)CN1CCOC(CNC(=O)CCOc2ccc(C(C)C)cc2)C1. The molecule has 1 aromatic rings. The average Bonchev–Trinajstić information content (AvgIpc) is 2.60. The number of rotatable bonds is 9. The maximum absolute atomic E-state index is 12.0. The van der Waals surface area contributed by atoms with Crippen LogP contribution in [-0.4, -0.2) is 56.3 Å². The van der Waals surface area contributed by atoms with Gasteiger partial charge in [0.25, 0.3) is 0 Å². The molecular formula is C21H34N2O3. The first-order valence-corrected chi connectivity index (χ1v) is 9.77. The molecule has 146 valence electrons. The summed E-state index contributed by atoms with van der Waals surface area (Å²) in [7, 11) is 0. The molecule has 0 bridgehead atoms. The lowest BCUT2D eigenvalue weighted by Gasteiger charge is -2.33. The fourth-order valence-electron chi connectivity index (χ4n) is 3.11. The Morgan fingerprint density at radius 3 is 2.65 bits per heavy atom. The molecule has 1 aromatic carbocycles. The van der Waals surface area contributed by atoms with Gasteiger partial charge in [0.1, 0.15) is 5.75 Å². The minimum absolute atomic E-state index is 0.00776. The molecule has 26 heavy (non-hydrogen) atoms. The molecule has 1 unspecified atom stereocenters. The Bertz CT molecular complexity index is 543. The van der Waals surface area contributed by atoms with Crippen LogP contribution < -0.4 is 10.1 Å². The van der Waals surface area contributed by atoms with Gasteiger partial charge in [-0.05, 0) is 29.5 Å². The molecule has 5 nitrogen and oxygen atoms in total. The Kier molecular flexibility index (Phi) is 8.39. The number of nitrogens with one attached hydrogen (secondary N) is 1. The fraction of sp³-hybridized carbons (Fsp3) is 0.667. The highest BCUT2D eigenvalue weighted by Gasteiger charge is 2.21. The van der Waals surface area contributed by atoms with Crippen molar-refractivity contribution in [3.05, 3.63) is 29.8 Å². The maximum atomic E-state index is 12.0. The minimum atomic E-state index is 0.00776. The van der Waals surface area contributed by atoms with Gasteiger partial charge < -0.3 is 14.8 Å². The number of nitrogens with zero attached hydrogens (tertiary/aromatic N) is 1. The first kappa shape index (κ1) is 20.7. The van der Waals surface area contributed by atoms with Crippen LogP contribution in [0.4, 0.5) is 0 Å². The van der Waals surface area contributed by atoms with Crippen molar-refractivity contribution >= 4 is 5.91 Å². The van der Waals surface area contributed by atoms with E-state index in [1.165, 1.54) is 5.56 Å². The van der Waals surface area contributed by atoms with Crippen LogP contribution in [0, 0.1) is 5.92 Å². The van der Waals surface area contributed by atoms with Gasteiger partial charge in [-0.2, -0.15) is 0 Å². The first-order chi connectivity index (χ1) is 12.4. The molecule has 1 aliphatic rings. The van der Waals surface area contributed by atoms with E-state index in [9.17, 15) is 4.79 Å². The Labute approximate surface area is 158 Å². The summed E-state index contributed by atoms with van der Waals surface area (Å²) in [4.78, 5) is 14.4. The largest absolute Gasteiger partial charge is 0.493 e. The number of carbonyl (C=O) groups is 1. The molecule has 1 atom stereocenters. The second kappa shape index (κ2) is 10.5. The van der Waals surface area contributed by atoms with Gasteiger partial charge in [-0.25, -0.2) is 0 Å². The summed E-state index contributed by atoms with van der Waals surface area (Å²) >= 11 is 0. The van der Waals surface area contributed by atoms with Crippen molar-refractivity contribution in [1.82, 2.24) is 10.2 Å². The van der Waals surface area contributed by atoms with Gasteiger partial charge in [-0.15, -0.1) is 0 Å². The van der Waals surface area contributed by atoms with Crippen molar-refractivity contribution in [2.45, 2.75) is 46.1 Å². The molecule has 0 spiro atoms. The zero-order valence-electron chi connectivity index (χ0n) is 16.7. The number of amides is 1. The number of ether oxygens (including phenoxy) is 2. The molecule has 5 heteroatoms. The topological polar surface area (TPSA) is 50.8 Å². The monoisotopic (exact) mass is 362 g/mol. The molecule has 0 saturated carbocycles. The van der Waals surface area contributed by atoms with Gasteiger partial charge in [-0.1, -0.05) is 39.8 Å². The number of benzene rings is 1. The Hall–Kier alpha value is -1.59. The van der Waals surface area contributed by atoms with Crippen LogP contribution in [0.3, 0.4) is 0 Å². The quantitative estimate of drug-likeness (QED) is 0.734. The first-order valence-electron chi connectivity index (χ1n) is 9.77. The van der Waals surface area contributed by atoms with E-state index < -0.39 is 0 Å². The van der Waals surface area contributed by atoms with E-state index in [0.717, 1.165) is 32.0 Å². The van der Waals surface area contributed by atoms with E-state index in [1.54, 1.807) is 0 Å². The summed E-state index contributed by atoms with van der Waals surface area (Å²) in [5.41, 5.74) is 1.29. The van der Waals surface area contributed by atoms with Gasteiger partial charge in [0.15, 0.2) is 0 Å². The summed E-state index contributed by atoms with van der Waals surface area (Å²) in [6.07, 6.45) is 0.435. The third-order valence-electron chi connectivity index (χ3n) is 4.52. The molecule has 2 rings (SSSR count). The molecule has 0 aliphatic carbocycles. The van der Waals surface area contributed by atoms with Crippen molar-refractivity contribution in [3.63, 3.8) is 0 Å². The van der Waals surface area contributed by atoms with Crippen LogP contribution in [0.25, 0.3) is 0 Å². The summed E-state index contributed by atoms with van der Waals surface area (Å²) in [5.74, 6) is 1.97. The van der Waals surface area contributed by atoms with E-state index >= 15 is 0 Å². The molecular weight excluding hydrogens is 328 g/mol. The zero-order valence-corrected chi connectivity index (χ0v) is 16.7. The number of hydrogen-bond acceptors (Lipinski definition) is 4. The standard InChI is InChI=1S/C21H34N2O3/c1-16(2)14-23-10-12-26-20(15-23)13-22-21(24)9-11-25-19-7-5-18(6-8-19)17(3)4/h5-8,16-17,20H,9-15H2,1-4H3,(H,22,24). The van der Waals surface area contributed by atoms with Crippen molar-refractivity contribution in [3.8, 4) is 5.75 Å². The third kappa shape index (κ3) is 7.34. The van der Waals surface area contributed by atoms with Gasteiger partial charge in [-0.3, -0.25) is 9.69 Å². The lowest BCUT2D eigenvalue weighted by atomic mass is 10.0. The van der Waals surface area contributed by atoms with Crippen LogP contribution in [0.2, 0.25) is 0 Å². The Morgan fingerprint density at radius 1 is 1.27 bits per heavy atom. The van der Waals surface area contributed by atoms with Gasteiger partial charge >= 0.3 is 0 Å². The summed E-state index contributed by atoms with van der Waals surface area (Å²) in [5, 5.41) is 2.97. The van der Waals surface area contributed by atoms with Crippen LogP contribution in [0.15, 0.2) is 24.3 Å². The fourth-order valence-corrected chi connectivity index (χ4v) is 3.11. The summed E-state index contributed by atoms with van der Waals surface area (Å²) in [6.45, 7) is 13.4. The van der Waals surface area contributed by atoms with E-state index in [2.05, 4.69) is 50.0 Å². The maximum Gasteiger partial charge on any atom is 0.223 e. The Balaban J connectivity index is 1.62. The van der Waals surface area contributed by atoms with Crippen molar-refractivity contribution < 1.29 is 14.3 Å². The molecule has 1 aliphatic heterocycles. The smallest absolute Gasteiger partial charge is 0.223 e. The van der Waals surface area contributed by atoms with E-state index in [1.807, 2.05) is 12.1 Å². The summed E-state index contributed by atoms with van der Waals surface area (Å²) < 4.78 is 11.4. The second-order valence-electron chi connectivity index (χ2n) is 7.77. The van der Waals surface area contributed by atoms with E-state index in [0.29, 0.717) is 31.4 Å².